The lowest BCUT2D eigenvalue weighted by Crippen LogP contribution is -2.55. The Morgan fingerprint density at radius 1 is 1.50 bits per heavy atom. The van der Waals surface area contributed by atoms with E-state index in [0.717, 1.165) is 19.2 Å². The third-order valence-corrected chi connectivity index (χ3v) is 3.55. The SMILES string of the molecule is CCC1(C(=O)Oc2ccc(F)c(C#N)c2)NN=C(C(=O)OC)C1=N. The molecular weight excluding hydrogens is 319 g/mol. The average Bonchev–Trinajstić information content (AvgIpc) is 2.93. The second kappa shape index (κ2) is 6.45. The van der Waals surface area contributed by atoms with E-state index >= 15 is 0 Å². The molecular formula is C15H13FN4O4. The van der Waals surface area contributed by atoms with Gasteiger partial charge >= 0.3 is 11.9 Å². The van der Waals surface area contributed by atoms with Gasteiger partial charge in [-0.25, -0.2) is 14.0 Å². The van der Waals surface area contributed by atoms with Gasteiger partial charge in [0.15, 0.2) is 11.3 Å². The highest BCUT2D eigenvalue weighted by molar-refractivity contribution is 6.69. The number of nitrogens with zero attached hydrogens (tertiary/aromatic N) is 2. The molecule has 1 aromatic rings. The molecule has 0 fully saturated rings. The van der Waals surface area contributed by atoms with Gasteiger partial charge in [-0.1, -0.05) is 6.92 Å². The van der Waals surface area contributed by atoms with Gasteiger partial charge in [0.25, 0.3) is 0 Å². The number of rotatable bonds is 4. The van der Waals surface area contributed by atoms with Gasteiger partial charge in [0.2, 0.25) is 0 Å². The number of nitriles is 1. The van der Waals surface area contributed by atoms with E-state index in [4.69, 9.17) is 15.4 Å². The molecule has 24 heavy (non-hydrogen) atoms. The predicted molar refractivity (Wildman–Crippen MR) is 80.1 cm³/mol. The van der Waals surface area contributed by atoms with Gasteiger partial charge in [0.1, 0.15) is 23.3 Å². The normalized spacial score (nSPS) is 19.1. The summed E-state index contributed by atoms with van der Waals surface area (Å²) in [4.78, 5) is 24.1. The summed E-state index contributed by atoms with van der Waals surface area (Å²) in [5, 5.41) is 20.5. The van der Waals surface area contributed by atoms with E-state index in [1.165, 1.54) is 6.07 Å². The van der Waals surface area contributed by atoms with Crippen LogP contribution in [0, 0.1) is 22.6 Å². The number of halogens is 1. The lowest BCUT2D eigenvalue weighted by molar-refractivity contribution is -0.139. The molecule has 0 aliphatic carbocycles. The van der Waals surface area contributed by atoms with Gasteiger partial charge in [-0.05, 0) is 18.6 Å². The minimum Gasteiger partial charge on any atom is -0.464 e. The Morgan fingerprint density at radius 2 is 2.21 bits per heavy atom. The Bertz CT molecular complexity index is 799. The zero-order valence-electron chi connectivity index (χ0n) is 12.8. The summed E-state index contributed by atoms with van der Waals surface area (Å²) in [5.74, 6) is -2.57. The molecule has 0 radical (unpaired) electrons. The summed E-state index contributed by atoms with van der Waals surface area (Å²) in [5.41, 5.74) is -0.214. The van der Waals surface area contributed by atoms with Crippen LogP contribution in [0.3, 0.4) is 0 Å². The first-order valence-corrected chi connectivity index (χ1v) is 6.84. The highest BCUT2D eigenvalue weighted by Crippen LogP contribution is 2.24. The van der Waals surface area contributed by atoms with Crippen molar-refractivity contribution in [2.45, 2.75) is 18.9 Å². The Hall–Kier alpha value is -3.28. The van der Waals surface area contributed by atoms with E-state index in [0.29, 0.717) is 0 Å². The number of hydrogen-bond acceptors (Lipinski definition) is 8. The van der Waals surface area contributed by atoms with Gasteiger partial charge in [-0.15, -0.1) is 0 Å². The zero-order chi connectivity index (χ0) is 17.9. The lowest BCUT2D eigenvalue weighted by atomic mass is 9.89. The van der Waals surface area contributed by atoms with Crippen molar-refractivity contribution in [1.29, 1.82) is 10.7 Å². The third-order valence-electron chi connectivity index (χ3n) is 3.55. The number of carbonyl (C=O) groups excluding carboxylic acids is 2. The maximum Gasteiger partial charge on any atom is 0.360 e. The largest absolute Gasteiger partial charge is 0.464 e. The maximum absolute atomic E-state index is 13.3. The Balaban J connectivity index is 2.27. The molecule has 1 aromatic carbocycles. The minimum atomic E-state index is -1.66. The second-order valence-corrected chi connectivity index (χ2v) is 4.84. The summed E-state index contributed by atoms with van der Waals surface area (Å²) in [6.45, 7) is 1.60. The number of nitrogens with one attached hydrogen (secondary N) is 2. The second-order valence-electron chi connectivity index (χ2n) is 4.84. The highest BCUT2D eigenvalue weighted by Gasteiger charge is 2.51. The number of ether oxygens (including phenoxy) is 2. The van der Waals surface area contributed by atoms with Crippen molar-refractivity contribution in [1.82, 2.24) is 5.43 Å². The molecule has 0 aromatic heterocycles. The lowest BCUT2D eigenvalue weighted by Gasteiger charge is -2.24. The number of benzene rings is 1. The average molecular weight is 332 g/mol. The van der Waals surface area contributed by atoms with Crippen molar-refractivity contribution >= 4 is 23.4 Å². The van der Waals surface area contributed by atoms with E-state index in [1.54, 1.807) is 13.0 Å². The quantitative estimate of drug-likeness (QED) is 0.623. The molecule has 0 bridgehead atoms. The molecule has 0 spiro atoms. The Kier molecular flexibility index (Phi) is 4.59. The summed E-state index contributed by atoms with van der Waals surface area (Å²) in [7, 11) is 1.13. The first kappa shape index (κ1) is 17.1. The van der Waals surface area contributed by atoms with Crippen LogP contribution < -0.4 is 10.2 Å². The summed E-state index contributed by atoms with van der Waals surface area (Å²) < 4.78 is 23.0. The maximum atomic E-state index is 13.3. The Labute approximate surface area is 136 Å². The molecule has 1 atom stereocenters. The topological polar surface area (TPSA) is 125 Å². The van der Waals surface area contributed by atoms with E-state index in [1.807, 2.05) is 0 Å². The van der Waals surface area contributed by atoms with Crippen LogP contribution in [-0.2, 0) is 14.3 Å². The van der Waals surface area contributed by atoms with Crippen molar-refractivity contribution < 1.29 is 23.5 Å². The van der Waals surface area contributed by atoms with Crippen molar-refractivity contribution in [3.8, 4) is 11.8 Å². The number of methoxy groups -OCH3 is 1. The predicted octanol–water partition coefficient (Wildman–Crippen LogP) is 0.904. The van der Waals surface area contributed by atoms with Crippen LogP contribution in [-0.4, -0.2) is 36.0 Å². The molecule has 1 aliphatic heterocycles. The van der Waals surface area contributed by atoms with Crippen molar-refractivity contribution in [3.05, 3.63) is 29.6 Å². The monoisotopic (exact) mass is 332 g/mol. The summed E-state index contributed by atoms with van der Waals surface area (Å²) in [6.07, 6.45) is 0.0704. The van der Waals surface area contributed by atoms with Crippen molar-refractivity contribution in [2.24, 2.45) is 5.10 Å². The number of hydrogen-bond donors (Lipinski definition) is 2. The molecule has 0 amide bonds. The summed E-state index contributed by atoms with van der Waals surface area (Å²) in [6, 6.07) is 4.87. The van der Waals surface area contributed by atoms with Gasteiger partial charge in [-0.3, -0.25) is 10.8 Å². The van der Waals surface area contributed by atoms with Crippen LogP contribution in [0.1, 0.15) is 18.9 Å². The molecule has 124 valence electrons. The number of esters is 2. The van der Waals surface area contributed by atoms with Crippen LogP contribution in [0.15, 0.2) is 23.3 Å². The van der Waals surface area contributed by atoms with E-state index in [-0.39, 0.29) is 29.2 Å². The molecule has 0 saturated heterocycles. The molecule has 1 unspecified atom stereocenters. The molecule has 9 heteroatoms. The fourth-order valence-electron chi connectivity index (χ4n) is 2.11. The van der Waals surface area contributed by atoms with Crippen LogP contribution in [0.5, 0.6) is 5.75 Å². The van der Waals surface area contributed by atoms with Crippen LogP contribution >= 0.6 is 0 Å². The van der Waals surface area contributed by atoms with Gasteiger partial charge in [0, 0.05) is 6.07 Å². The van der Waals surface area contributed by atoms with Gasteiger partial charge < -0.3 is 9.47 Å². The molecule has 2 N–H and O–H groups in total. The van der Waals surface area contributed by atoms with Crippen molar-refractivity contribution in [2.75, 3.05) is 7.11 Å². The van der Waals surface area contributed by atoms with Gasteiger partial charge in [0.05, 0.1) is 12.7 Å². The van der Waals surface area contributed by atoms with Crippen molar-refractivity contribution in [3.63, 3.8) is 0 Å². The van der Waals surface area contributed by atoms with Gasteiger partial charge in [-0.2, -0.15) is 10.4 Å². The minimum absolute atomic E-state index is 0.0631. The number of carbonyl (C=O) groups is 2. The Morgan fingerprint density at radius 3 is 2.79 bits per heavy atom. The van der Waals surface area contributed by atoms with Crippen LogP contribution in [0.4, 0.5) is 4.39 Å². The van der Waals surface area contributed by atoms with E-state index < -0.39 is 23.3 Å². The zero-order valence-corrected chi connectivity index (χ0v) is 12.8. The first-order chi connectivity index (χ1) is 11.4. The first-order valence-electron chi connectivity index (χ1n) is 6.84. The summed E-state index contributed by atoms with van der Waals surface area (Å²) >= 11 is 0. The molecule has 8 nitrogen and oxygen atoms in total. The highest BCUT2D eigenvalue weighted by atomic mass is 19.1. The van der Waals surface area contributed by atoms with Crippen LogP contribution in [0.2, 0.25) is 0 Å². The number of hydrazone groups is 1. The molecule has 2 rings (SSSR count). The third kappa shape index (κ3) is 2.69. The molecule has 1 aliphatic rings. The molecule has 0 saturated carbocycles. The van der Waals surface area contributed by atoms with E-state index in [2.05, 4.69) is 15.3 Å². The standard InChI is InChI=1S/C15H13FN4O4/c1-3-15(12(18)11(19-20-15)13(21)23-2)14(22)24-9-4-5-10(16)8(6-9)7-17/h4-6,18,20H,3H2,1-2H3. The fraction of sp³-hybridized carbons (Fsp3) is 0.267. The van der Waals surface area contributed by atoms with Crippen LogP contribution in [0.25, 0.3) is 0 Å². The smallest absolute Gasteiger partial charge is 0.360 e. The fourth-order valence-corrected chi connectivity index (χ4v) is 2.11. The molecule has 1 heterocycles. The van der Waals surface area contributed by atoms with E-state index in [9.17, 15) is 14.0 Å².